The Morgan fingerprint density at radius 3 is 2.65 bits per heavy atom. The zero-order valence-electron chi connectivity index (χ0n) is 11.1. The second-order valence-corrected chi connectivity index (χ2v) is 4.27. The van der Waals surface area contributed by atoms with Crippen LogP contribution in [0.25, 0.3) is 0 Å². The maximum atomic E-state index is 13.4. The quantitative estimate of drug-likeness (QED) is 0.666. The third-order valence-electron chi connectivity index (χ3n) is 2.75. The third kappa shape index (κ3) is 4.98. The molecule has 1 aromatic carbocycles. The number of hydrogen-bond donors (Lipinski definition) is 1. The number of alkyl halides is 2. The Balaban J connectivity index is 2.43. The molecule has 1 rings (SSSR count). The normalized spacial score (nSPS) is 12.2. The molecule has 0 aliphatic rings. The molecule has 1 aromatic rings. The summed E-state index contributed by atoms with van der Waals surface area (Å²) in [5, 5.41) is 8.41. The maximum absolute atomic E-state index is 13.4. The summed E-state index contributed by atoms with van der Waals surface area (Å²) in [6.45, 7) is 0.610. The average molecular weight is 282 g/mol. The molecule has 0 radical (unpaired) electrons. The summed E-state index contributed by atoms with van der Waals surface area (Å²) in [6.07, 6.45) is -0.00825. The van der Waals surface area contributed by atoms with Crippen LogP contribution in [0, 0.1) is 17.8 Å². The van der Waals surface area contributed by atoms with Crippen LogP contribution in [0.1, 0.15) is 23.7 Å². The molecule has 5 heteroatoms. The van der Waals surface area contributed by atoms with E-state index < -0.39 is 24.4 Å². The number of carbonyl (C=O) groups is 1. The molecule has 0 aliphatic heterocycles. The van der Waals surface area contributed by atoms with Gasteiger partial charge in [0.1, 0.15) is 6.61 Å². The molecule has 1 unspecified atom stereocenters. The lowest BCUT2D eigenvalue weighted by atomic mass is 10.0. The van der Waals surface area contributed by atoms with E-state index in [-0.39, 0.29) is 13.0 Å². The lowest BCUT2D eigenvalue weighted by Crippen LogP contribution is -2.25. The molecule has 0 saturated heterocycles. The number of ether oxygens (including phenoxy) is 1. The third-order valence-corrected chi connectivity index (χ3v) is 2.75. The Hall–Kier alpha value is -1.93. The molecule has 0 saturated carbocycles. The second-order valence-electron chi connectivity index (χ2n) is 4.27. The summed E-state index contributed by atoms with van der Waals surface area (Å²) in [5.41, 5.74) is 0.381. The number of carbonyl (C=O) groups excluding carboxylic acids is 1. The van der Waals surface area contributed by atoms with Crippen molar-refractivity contribution in [2.75, 3.05) is 13.2 Å². The standard InChI is InChI=1S/C15H16F2O3/c1-12(15(16,17)9-5-10-18)8-11-20-14(19)13-6-3-2-4-7-13/h2-4,6-7,12,18H,8,10-11H2,1H3. The molecule has 0 aliphatic carbocycles. The summed E-state index contributed by atoms with van der Waals surface area (Å²) in [7, 11) is 0. The molecular formula is C15H16F2O3. The lowest BCUT2D eigenvalue weighted by molar-refractivity contribution is -0.00601. The first-order chi connectivity index (χ1) is 9.47. The SMILES string of the molecule is CC(CCOC(=O)c1ccccc1)C(F)(F)C#CCO. The minimum absolute atomic E-state index is 0.00825. The van der Waals surface area contributed by atoms with Crippen molar-refractivity contribution in [3.63, 3.8) is 0 Å². The van der Waals surface area contributed by atoms with E-state index in [1.807, 2.05) is 5.92 Å². The van der Waals surface area contributed by atoms with Gasteiger partial charge in [0, 0.05) is 5.92 Å². The van der Waals surface area contributed by atoms with Gasteiger partial charge >= 0.3 is 11.9 Å². The first-order valence-corrected chi connectivity index (χ1v) is 6.18. The van der Waals surface area contributed by atoms with Crippen LogP contribution in [-0.4, -0.2) is 30.2 Å². The monoisotopic (exact) mass is 282 g/mol. The van der Waals surface area contributed by atoms with Crippen LogP contribution in [0.5, 0.6) is 0 Å². The molecule has 1 N–H and O–H groups in total. The summed E-state index contributed by atoms with van der Waals surface area (Å²) < 4.78 is 31.8. The Kier molecular flexibility index (Phi) is 6.13. The van der Waals surface area contributed by atoms with Gasteiger partial charge in [-0.1, -0.05) is 31.0 Å². The number of aliphatic hydroxyl groups excluding tert-OH is 1. The number of rotatable bonds is 5. The van der Waals surface area contributed by atoms with Crippen molar-refractivity contribution >= 4 is 5.97 Å². The average Bonchev–Trinajstić information content (AvgIpc) is 2.45. The lowest BCUT2D eigenvalue weighted by Gasteiger charge is -2.18. The zero-order chi connectivity index (χ0) is 15.0. The molecule has 0 amide bonds. The van der Waals surface area contributed by atoms with Gasteiger partial charge in [-0.25, -0.2) is 4.79 Å². The molecule has 0 bridgehead atoms. The van der Waals surface area contributed by atoms with Gasteiger partial charge < -0.3 is 9.84 Å². The molecule has 0 fully saturated rings. The molecule has 20 heavy (non-hydrogen) atoms. The van der Waals surface area contributed by atoms with Gasteiger partial charge in [-0.15, -0.1) is 0 Å². The highest BCUT2D eigenvalue weighted by Gasteiger charge is 2.33. The highest BCUT2D eigenvalue weighted by molar-refractivity contribution is 5.89. The summed E-state index contributed by atoms with van der Waals surface area (Å²) >= 11 is 0. The van der Waals surface area contributed by atoms with Crippen molar-refractivity contribution < 1.29 is 23.4 Å². The minimum atomic E-state index is -3.21. The van der Waals surface area contributed by atoms with Crippen LogP contribution in [0.4, 0.5) is 8.78 Å². The zero-order valence-corrected chi connectivity index (χ0v) is 11.1. The number of aliphatic hydroxyl groups is 1. The Bertz CT molecular complexity index is 489. The van der Waals surface area contributed by atoms with Crippen LogP contribution in [0.3, 0.4) is 0 Å². The predicted molar refractivity (Wildman–Crippen MR) is 70.3 cm³/mol. The molecular weight excluding hydrogens is 266 g/mol. The largest absolute Gasteiger partial charge is 0.462 e. The molecule has 108 valence electrons. The van der Waals surface area contributed by atoms with Crippen molar-refractivity contribution in [2.24, 2.45) is 5.92 Å². The van der Waals surface area contributed by atoms with Crippen molar-refractivity contribution in [1.82, 2.24) is 0 Å². The van der Waals surface area contributed by atoms with E-state index in [4.69, 9.17) is 9.84 Å². The van der Waals surface area contributed by atoms with E-state index >= 15 is 0 Å². The number of halogens is 2. The molecule has 0 spiro atoms. The summed E-state index contributed by atoms with van der Waals surface area (Å²) in [5.74, 6) is -1.16. The van der Waals surface area contributed by atoms with E-state index in [0.717, 1.165) is 0 Å². The van der Waals surface area contributed by atoms with Gasteiger partial charge in [-0.3, -0.25) is 0 Å². The van der Waals surface area contributed by atoms with Crippen molar-refractivity contribution in [3.8, 4) is 11.8 Å². The molecule has 0 aromatic heterocycles. The molecule has 1 atom stereocenters. The van der Waals surface area contributed by atoms with Crippen LogP contribution >= 0.6 is 0 Å². The smallest absolute Gasteiger partial charge is 0.338 e. The van der Waals surface area contributed by atoms with E-state index in [2.05, 4.69) is 0 Å². The fourth-order valence-electron chi connectivity index (χ4n) is 1.45. The van der Waals surface area contributed by atoms with Gasteiger partial charge in [0.2, 0.25) is 0 Å². The fourth-order valence-corrected chi connectivity index (χ4v) is 1.45. The first-order valence-electron chi connectivity index (χ1n) is 6.18. The Morgan fingerprint density at radius 2 is 2.05 bits per heavy atom. The number of hydrogen-bond acceptors (Lipinski definition) is 3. The van der Waals surface area contributed by atoms with Gasteiger partial charge in [-0.05, 0) is 24.5 Å². The molecule has 0 heterocycles. The highest BCUT2D eigenvalue weighted by atomic mass is 19.3. The Morgan fingerprint density at radius 1 is 1.40 bits per heavy atom. The Labute approximate surface area is 116 Å². The molecule has 3 nitrogen and oxygen atoms in total. The van der Waals surface area contributed by atoms with E-state index in [1.54, 1.807) is 36.3 Å². The number of esters is 1. The maximum Gasteiger partial charge on any atom is 0.338 e. The highest BCUT2D eigenvalue weighted by Crippen LogP contribution is 2.26. The predicted octanol–water partition coefficient (Wildman–Crippen LogP) is 2.50. The summed E-state index contributed by atoms with van der Waals surface area (Å²) in [6, 6.07) is 8.33. The van der Waals surface area contributed by atoms with Gasteiger partial charge in [-0.2, -0.15) is 8.78 Å². The van der Waals surface area contributed by atoms with Crippen LogP contribution in [0.2, 0.25) is 0 Å². The van der Waals surface area contributed by atoms with E-state index in [0.29, 0.717) is 5.56 Å². The first kappa shape index (κ1) is 16.1. The topological polar surface area (TPSA) is 46.5 Å². The van der Waals surface area contributed by atoms with Crippen molar-refractivity contribution in [1.29, 1.82) is 0 Å². The van der Waals surface area contributed by atoms with Gasteiger partial charge in [0.05, 0.1) is 12.2 Å². The number of benzene rings is 1. The van der Waals surface area contributed by atoms with Crippen molar-refractivity contribution in [3.05, 3.63) is 35.9 Å². The van der Waals surface area contributed by atoms with Crippen LogP contribution in [0.15, 0.2) is 30.3 Å². The van der Waals surface area contributed by atoms with Crippen molar-refractivity contribution in [2.45, 2.75) is 19.3 Å². The summed E-state index contributed by atoms with van der Waals surface area (Å²) in [4.78, 5) is 11.6. The van der Waals surface area contributed by atoms with Crippen LogP contribution < -0.4 is 0 Å². The van der Waals surface area contributed by atoms with Crippen LogP contribution in [-0.2, 0) is 4.74 Å². The van der Waals surface area contributed by atoms with E-state index in [1.165, 1.54) is 6.92 Å². The fraction of sp³-hybridized carbons (Fsp3) is 0.400. The minimum Gasteiger partial charge on any atom is -0.462 e. The van der Waals surface area contributed by atoms with Gasteiger partial charge in [0.25, 0.3) is 0 Å². The van der Waals surface area contributed by atoms with E-state index in [9.17, 15) is 13.6 Å². The second kappa shape index (κ2) is 7.61. The van der Waals surface area contributed by atoms with Gasteiger partial charge in [0.15, 0.2) is 0 Å².